The second-order valence-electron chi connectivity index (χ2n) is 21.3. The van der Waals surface area contributed by atoms with Gasteiger partial charge in [0.25, 0.3) is 0 Å². The van der Waals surface area contributed by atoms with Gasteiger partial charge in [0.2, 0.25) is 0 Å². The van der Waals surface area contributed by atoms with Crippen LogP contribution in [0, 0.1) is 0 Å². The Bertz CT molecular complexity index is 3940. The standard InChI is InChI=1S/C67H51BN2S/c1-66(2,3)49-31-34-59(52(39-49)45-23-13-8-14-24-45)69-61-37-48(43-21-11-7-12-22-43)36-55-54-40-53-51-27-17-18-28-57(51)67(4,5)58(53)41-60(54)70(50-32-29-44(30-33-50)42-19-9-6-10-20-42)68(63(55)61)65-64(69)56-35-46-25-15-16-26-47(46)38-62(56)71-65/h6-41H,1-5H3. The monoisotopic (exact) mass is 926 g/mol. The summed E-state index contributed by atoms with van der Waals surface area (Å²) in [5.74, 6) is 0. The Labute approximate surface area is 421 Å². The molecule has 2 nitrogen and oxygen atoms in total. The maximum absolute atomic E-state index is 2.71. The minimum absolute atomic E-state index is 0.0473. The van der Waals surface area contributed by atoms with Crippen LogP contribution in [0.25, 0.3) is 76.5 Å². The summed E-state index contributed by atoms with van der Waals surface area (Å²) in [6.07, 6.45) is 0. The molecule has 0 bridgehead atoms. The van der Waals surface area contributed by atoms with E-state index >= 15 is 0 Å². The molecule has 0 saturated carbocycles. The zero-order chi connectivity index (χ0) is 47.8. The third kappa shape index (κ3) is 6.40. The summed E-state index contributed by atoms with van der Waals surface area (Å²) >= 11 is 1.97. The van der Waals surface area contributed by atoms with E-state index in [-0.39, 0.29) is 17.7 Å². The molecule has 0 radical (unpaired) electrons. The van der Waals surface area contributed by atoms with Crippen LogP contribution in [0.2, 0.25) is 0 Å². The number of nitrogens with zero attached hydrogens (tertiary/aromatic N) is 2. The van der Waals surface area contributed by atoms with Gasteiger partial charge in [0, 0.05) is 48.5 Å². The van der Waals surface area contributed by atoms with Crippen molar-refractivity contribution in [3.8, 4) is 55.6 Å². The number of anilines is 5. The van der Waals surface area contributed by atoms with Crippen molar-refractivity contribution in [3.63, 3.8) is 0 Å². The van der Waals surface area contributed by atoms with Crippen molar-refractivity contribution in [2.45, 2.75) is 45.4 Å². The van der Waals surface area contributed by atoms with Gasteiger partial charge in [-0.1, -0.05) is 192 Å². The highest BCUT2D eigenvalue weighted by molar-refractivity contribution is 7.32. The van der Waals surface area contributed by atoms with Crippen molar-refractivity contribution >= 4 is 77.7 Å². The predicted molar refractivity (Wildman–Crippen MR) is 306 cm³/mol. The zero-order valence-corrected chi connectivity index (χ0v) is 41.5. The molecule has 1 aromatic heterocycles. The molecular weight excluding hydrogens is 876 g/mol. The van der Waals surface area contributed by atoms with Crippen LogP contribution in [0.15, 0.2) is 218 Å². The fourth-order valence-corrected chi connectivity index (χ4v) is 13.5. The molecule has 3 heterocycles. The molecule has 0 amide bonds. The van der Waals surface area contributed by atoms with Crippen LogP contribution in [-0.2, 0) is 10.8 Å². The third-order valence-corrected chi connectivity index (χ3v) is 17.0. The first kappa shape index (κ1) is 42.0. The molecule has 71 heavy (non-hydrogen) atoms. The van der Waals surface area contributed by atoms with Crippen LogP contribution in [0.3, 0.4) is 0 Å². The normalized spacial score (nSPS) is 14.0. The van der Waals surface area contributed by atoms with Gasteiger partial charge < -0.3 is 9.71 Å². The van der Waals surface area contributed by atoms with E-state index < -0.39 is 0 Å². The summed E-state index contributed by atoms with van der Waals surface area (Å²) in [4.78, 5) is 5.39. The molecule has 0 spiro atoms. The fraction of sp³-hybridized carbons (Fsp3) is 0.104. The smallest absolute Gasteiger partial charge is 0.343 e. The van der Waals surface area contributed by atoms with Crippen molar-refractivity contribution in [1.29, 1.82) is 0 Å². The van der Waals surface area contributed by atoms with Crippen LogP contribution in [0.1, 0.15) is 51.3 Å². The lowest BCUT2D eigenvalue weighted by Crippen LogP contribution is -2.60. The first-order valence-corrected chi connectivity index (χ1v) is 25.8. The Morgan fingerprint density at radius 1 is 0.437 bits per heavy atom. The average Bonchev–Trinajstić information content (AvgIpc) is 3.88. The first-order valence-electron chi connectivity index (χ1n) is 25.0. The largest absolute Gasteiger partial charge is 0.376 e. The summed E-state index contributed by atoms with van der Waals surface area (Å²) in [7, 11) is 0. The Hall–Kier alpha value is -7.92. The van der Waals surface area contributed by atoms with Gasteiger partial charge in [-0.25, -0.2) is 0 Å². The molecule has 1 aliphatic carbocycles. The molecule has 338 valence electrons. The minimum Gasteiger partial charge on any atom is -0.376 e. The predicted octanol–water partition coefficient (Wildman–Crippen LogP) is 17.4. The van der Waals surface area contributed by atoms with Crippen molar-refractivity contribution < 1.29 is 0 Å². The topological polar surface area (TPSA) is 6.48 Å². The molecule has 10 aromatic carbocycles. The van der Waals surface area contributed by atoms with Crippen LogP contribution in [0.5, 0.6) is 0 Å². The van der Waals surface area contributed by atoms with Gasteiger partial charge in [0.05, 0.1) is 11.4 Å². The number of rotatable bonds is 5. The fourth-order valence-electron chi connectivity index (χ4n) is 12.2. The Balaban J connectivity index is 1.14. The van der Waals surface area contributed by atoms with Gasteiger partial charge in [-0.3, -0.25) is 0 Å². The Morgan fingerprint density at radius 3 is 1.76 bits per heavy atom. The maximum Gasteiger partial charge on any atom is 0.343 e. The lowest BCUT2D eigenvalue weighted by atomic mass is 9.46. The summed E-state index contributed by atoms with van der Waals surface area (Å²) < 4.78 is 2.64. The van der Waals surface area contributed by atoms with Gasteiger partial charge >= 0.3 is 6.85 Å². The van der Waals surface area contributed by atoms with Gasteiger partial charge in [0.1, 0.15) is 0 Å². The van der Waals surface area contributed by atoms with Crippen LogP contribution < -0.4 is 20.0 Å². The van der Waals surface area contributed by atoms with E-state index in [2.05, 4.69) is 263 Å². The number of thiophene rings is 1. The van der Waals surface area contributed by atoms with Crippen molar-refractivity contribution in [1.82, 2.24) is 0 Å². The lowest BCUT2D eigenvalue weighted by molar-refractivity contribution is 0.590. The van der Waals surface area contributed by atoms with E-state index in [0.29, 0.717) is 0 Å². The molecule has 2 aliphatic heterocycles. The molecule has 3 aliphatic rings. The van der Waals surface area contributed by atoms with E-state index in [0.717, 1.165) is 0 Å². The number of hydrogen-bond acceptors (Lipinski definition) is 3. The zero-order valence-electron chi connectivity index (χ0n) is 40.7. The molecule has 0 unspecified atom stereocenters. The van der Waals surface area contributed by atoms with Crippen LogP contribution in [0.4, 0.5) is 28.4 Å². The molecule has 4 heteroatoms. The lowest BCUT2D eigenvalue weighted by Gasteiger charge is -2.45. The van der Waals surface area contributed by atoms with Crippen LogP contribution in [-0.4, -0.2) is 6.85 Å². The summed E-state index contributed by atoms with van der Waals surface area (Å²) in [5.41, 5.74) is 23.7. The molecule has 14 rings (SSSR count). The third-order valence-electron chi connectivity index (χ3n) is 15.8. The average molecular weight is 927 g/mol. The van der Waals surface area contributed by atoms with Gasteiger partial charge in [-0.2, -0.15) is 0 Å². The van der Waals surface area contributed by atoms with Crippen molar-refractivity contribution in [2.75, 3.05) is 9.71 Å². The summed E-state index contributed by atoms with van der Waals surface area (Å²) in [6, 6.07) is 82.5. The summed E-state index contributed by atoms with van der Waals surface area (Å²) in [5, 5.41) is 3.78. The molecule has 0 saturated heterocycles. The van der Waals surface area contributed by atoms with Crippen molar-refractivity contribution in [2.24, 2.45) is 0 Å². The van der Waals surface area contributed by atoms with E-state index in [1.54, 1.807) is 0 Å². The highest BCUT2D eigenvalue weighted by Crippen LogP contribution is 2.57. The number of fused-ring (bicyclic) bond motifs is 10. The van der Waals surface area contributed by atoms with Gasteiger partial charge in [-0.15, -0.1) is 11.3 Å². The molecular formula is C67H51BN2S. The highest BCUT2D eigenvalue weighted by atomic mass is 32.1. The van der Waals surface area contributed by atoms with E-state index in [4.69, 9.17) is 0 Å². The van der Waals surface area contributed by atoms with E-state index in [1.807, 2.05) is 11.3 Å². The van der Waals surface area contributed by atoms with Crippen LogP contribution >= 0.6 is 11.3 Å². The Morgan fingerprint density at radius 2 is 1.06 bits per heavy atom. The summed E-state index contributed by atoms with van der Waals surface area (Å²) in [6.45, 7) is 11.7. The van der Waals surface area contributed by atoms with E-state index in [9.17, 15) is 0 Å². The highest BCUT2D eigenvalue weighted by Gasteiger charge is 2.49. The molecule has 11 aromatic rings. The van der Waals surface area contributed by atoms with Crippen molar-refractivity contribution in [3.05, 3.63) is 235 Å². The minimum atomic E-state index is -0.180. The molecule has 0 N–H and O–H groups in total. The van der Waals surface area contributed by atoms with Gasteiger partial charge in [-0.05, 0) is 144 Å². The second kappa shape index (κ2) is 15.5. The second-order valence-corrected chi connectivity index (χ2v) is 22.4. The molecule has 0 fully saturated rings. The quantitative estimate of drug-likeness (QED) is 0.159. The van der Waals surface area contributed by atoms with Gasteiger partial charge in [0.15, 0.2) is 0 Å². The molecule has 0 atom stereocenters. The van der Waals surface area contributed by atoms with E-state index in [1.165, 1.54) is 132 Å². The first-order chi connectivity index (χ1) is 34.6. The maximum atomic E-state index is 2.71. The Kier molecular flexibility index (Phi) is 9.20. The SMILES string of the molecule is CC(C)(C)c1ccc(N2c3cc(-c4ccccc4)cc4c3B(c3sc5cc6ccccc6cc5c32)N(c2ccc(-c3ccccc3)cc2)c2cc3c(cc2-4)-c2ccccc2C3(C)C)c(-c2ccccc2)c1. The number of hydrogen-bond donors (Lipinski definition) is 0. The number of benzene rings is 10.